The van der Waals surface area contributed by atoms with Gasteiger partial charge >= 0.3 is 13.7 Å². The zero-order chi connectivity index (χ0) is 16.8. The van der Waals surface area contributed by atoms with Crippen molar-refractivity contribution in [3.63, 3.8) is 0 Å². The summed E-state index contributed by atoms with van der Waals surface area (Å²) in [6.07, 6.45) is -2.76. The van der Waals surface area contributed by atoms with Crippen molar-refractivity contribution in [1.82, 2.24) is 19.5 Å². The van der Waals surface area contributed by atoms with E-state index in [9.17, 15) is 13.3 Å². The van der Waals surface area contributed by atoms with Crippen LogP contribution in [-0.2, 0) is 14.0 Å². The first-order valence-corrected chi connectivity index (χ1v) is 7.89. The summed E-state index contributed by atoms with van der Waals surface area (Å²) < 4.78 is 49.0. The summed E-state index contributed by atoms with van der Waals surface area (Å²) >= 11 is 0. The zero-order valence-corrected chi connectivity index (χ0v) is 12.1. The standard InChI is InChI=1S/C10H10F2N5O5P/c11-4-1-5(21-3-23(18,19)20)22-9(4)17-2-14-6-7(13)15-10(12)16-8(6)17/h1-2,5,9H,3H2,(H2,13,15,16)(H2,18,19,20)/t5-,9+/m0/s1. The molecule has 0 fully saturated rings. The first-order valence-electron chi connectivity index (χ1n) is 6.09. The predicted octanol–water partition coefficient (Wildman–Crippen LogP) is 0.408. The van der Waals surface area contributed by atoms with Gasteiger partial charge in [-0.25, -0.2) is 9.37 Å². The minimum Gasteiger partial charge on any atom is -0.382 e. The molecule has 0 aliphatic carbocycles. The van der Waals surface area contributed by atoms with Crippen molar-refractivity contribution in [2.24, 2.45) is 0 Å². The molecule has 0 saturated heterocycles. The molecule has 0 saturated carbocycles. The van der Waals surface area contributed by atoms with Crippen molar-refractivity contribution in [1.29, 1.82) is 0 Å². The molecular formula is C10H10F2N5O5P. The van der Waals surface area contributed by atoms with Crippen LogP contribution in [-0.4, -0.2) is 41.9 Å². The van der Waals surface area contributed by atoms with Crippen LogP contribution in [0.2, 0.25) is 0 Å². The zero-order valence-electron chi connectivity index (χ0n) is 11.2. The average Bonchev–Trinajstić information content (AvgIpc) is 2.99. The molecule has 0 radical (unpaired) electrons. The van der Waals surface area contributed by atoms with E-state index < -0.39 is 38.4 Å². The molecule has 0 amide bonds. The maximum Gasteiger partial charge on any atom is 0.351 e. The van der Waals surface area contributed by atoms with Crippen molar-refractivity contribution in [3.8, 4) is 0 Å². The Morgan fingerprint density at radius 3 is 2.87 bits per heavy atom. The normalized spacial score (nSPS) is 21.8. The molecule has 124 valence electrons. The van der Waals surface area contributed by atoms with Gasteiger partial charge in [-0.3, -0.25) is 9.13 Å². The predicted molar refractivity (Wildman–Crippen MR) is 70.8 cm³/mol. The van der Waals surface area contributed by atoms with Crippen LogP contribution < -0.4 is 5.73 Å². The number of nitrogen functional groups attached to an aromatic ring is 1. The van der Waals surface area contributed by atoms with Gasteiger partial charge in [0.1, 0.15) is 0 Å². The Hall–Kier alpha value is -1.98. The molecular weight excluding hydrogens is 339 g/mol. The molecule has 3 rings (SSSR count). The van der Waals surface area contributed by atoms with Crippen molar-refractivity contribution in [2.75, 3.05) is 12.1 Å². The van der Waals surface area contributed by atoms with E-state index >= 15 is 0 Å². The first kappa shape index (κ1) is 15.9. The Bertz CT molecular complexity index is 836. The molecule has 0 unspecified atom stereocenters. The number of hydrogen-bond acceptors (Lipinski definition) is 7. The SMILES string of the molecule is Nc1nc(F)nc2c1ncn2[C@@H]1O[C@H](OCP(=O)(O)O)C=C1F. The second-order valence-corrected chi connectivity index (χ2v) is 6.16. The smallest absolute Gasteiger partial charge is 0.351 e. The second-order valence-electron chi connectivity index (χ2n) is 4.57. The van der Waals surface area contributed by atoms with E-state index in [0.717, 1.165) is 17.0 Å². The molecule has 1 aliphatic rings. The molecule has 0 bridgehead atoms. The lowest BCUT2D eigenvalue weighted by Gasteiger charge is -2.16. The molecule has 2 atom stereocenters. The minimum absolute atomic E-state index is 0.0578. The molecule has 4 N–H and O–H groups in total. The van der Waals surface area contributed by atoms with Crippen LogP contribution in [0.25, 0.3) is 11.2 Å². The van der Waals surface area contributed by atoms with Gasteiger partial charge in [0.05, 0.1) is 6.33 Å². The molecule has 3 heterocycles. The van der Waals surface area contributed by atoms with E-state index in [1.807, 2.05) is 0 Å². The third kappa shape index (κ3) is 3.21. The Balaban J connectivity index is 1.86. The lowest BCUT2D eigenvalue weighted by Crippen LogP contribution is -2.16. The summed E-state index contributed by atoms with van der Waals surface area (Å²) in [5.41, 5.74) is 5.46. The average molecular weight is 349 g/mol. The Labute approximate surface area is 126 Å². The third-order valence-corrected chi connectivity index (χ3v) is 3.36. The molecule has 2 aromatic rings. The van der Waals surface area contributed by atoms with Gasteiger partial charge in [-0.2, -0.15) is 14.4 Å². The number of anilines is 1. The minimum atomic E-state index is -4.43. The van der Waals surface area contributed by atoms with E-state index in [0.29, 0.717) is 0 Å². The topological polar surface area (TPSA) is 146 Å². The van der Waals surface area contributed by atoms with Gasteiger partial charge in [0.2, 0.25) is 0 Å². The van der Waals surface area contributed by atoms with Gasteiger partial charge < -0.3 is 25.0 Å². The fourth-order valence-corrected chi connectivity index (χ4v) is 2.32. The van der Waals surface area contributed by atoms with Crippen molar-refractivity contribution in [2.45, 2.75) is 12.5 Å². The number of aromatic nitrogens is 4. The fourth-order valence-electron chi connectivity index (χ4n) is 1.98. The summed E-state index contributed by atoms with van der Waals surface area (Å²) in [7, 11) is -4.43. The first-order chi connectivity index (χ1) is 10.7. The number of rotatable bonds is 4. The van der Waals surface area contributed by atoms with Crippen LogP contribution >= 0.6 is 7.60 Å². The lowest BCUT2D eigenvalue weighted by molar-refractivity contribution is -0.130. The maximum absolute atomic E-state index is 14.0. The highest BCUT2D eigenvalue weighted by Gasteiger charge is 2.32. The molecule has 2 aromatic heterocycles. The van der Waals surface area contributed by atoms with E-state index in [-0.39, 0.29) is 17.0 Å². The quantitative estimate of drug-likeness (QED) is 0.527. The van der Waals surface area contributed by atoms with E-state index in [1.54, 1.807) is 0 Å². The summed E-state index contributed by atoms with van der Waals surface area (Å²) in [6, 6.07) is 0. The summed E-state index contributed by atoms with van der Waals surface area (Å²) in [5, 5.41) is 0. The van der Waals surface area contributed by atoms with Gasteiger partial charge in [-0.15, -0.1) is 0 Å². The highest BCUT2D eigenvalue weighted by Crippen LogP contribution is 2.38. The summed E-state index contributed by atoms with van der Waals surface area (Å²) in [5.74, 6) is -1.04. The van der Waals surface area contributed by atoms with Crippen LogP contribution in [0.1, 0.15) is 6.23 Å². The van der Waals surface area contributed by atoms with Crippen molar-refractivity contribution in [3.05, 3.63) is 24.3 Å². The second kappa shape index (κ2) is 5.58. The third-order valence-electron chi connectivity index (χ3n) is 2.87. The van der Waals surface area contributed by atoms with E-state index in [2.05, 4.69) is 15.0 Å². The monoisotopic (exact) mass is 349 g/mol. The number of nitrogens with two attached hydrogens (primary N) is 1. The molecule has 1 aliphatic heterocycles. The van der Waals surface area contributed by atoms with Crippen LogP contribution in [0.15, 0.2) is 18.2 Å². The summed E-state index contributed by atoms with van der Waals surface area (Å²) in [6.45, 7) is 0. The molecule has 0 spiro atoms. The highest BCUT2D eigenvalue weighted by molar-refractivity contribution is 7.51. The van der Waals surface area contributed by atoms with Gasteiger partial charge in [0, 0.05) is 6.08 Å². The van der Waals surface area contributed by atoms with Gasteiger partial charge in [-0.05, 0) is 0 Å². The van der Waals surface area contributed by atoms with Crippen LogP contribution in [0, 0.1) is 6.08 Å². The number of fused-ring (bicyclic) bond motifs is 1. The molecule has 13 heteroatoms. The molecule has 10 nitrogen and oxygen atoms in total. The Morgan fingerprint density at radius 1 is 1.43 bits per heavy atom. The number of hydrogen-bond donors (Lipinski definition) is 3. The lowest BCUT2D eigenvalue weighted by atomic mass is 10.4. The molecule has 23 heavy (non-hydrogen) atoms. The van der Waals surface area contributed by atoms with Crippen LogP contribution in [0.3, 0.4) is 0 Å². The number of ether oxygens (including phenoxy) is 2. The van der Waals surface area contributed by atoms with Crippen molar-refractivity contribution >= 4 is 24.6 Å². The Morgan fingerprint density at radius 2 is 2.17 bits per heavy atom. The number of imidazole rings is 1. The van der Waals surface area contributed by atoms with Gasteiger partial charge in [-0.1, -0.05) is 0 Å². The van der Waals surface area contributed by atoms with Crippen molar-refractivity contribution < 1.29 is 32.6 Å². The van der Waals surface area contributed by atoms with E-state index in [1.165, 1.54) is 0 Å². The van der Waals surface area contributed by atoms with Crippen LogP contribution in [0.4, 0.5) is 14.6 Å². The maximum atomic E-state index is 14.0. The van der Waals surface area contributed by atoms with Gasteiger partial charge in [0.25, 0.3) is 0 Å². The fraction of sp³-hybridized carbons (Fsp3) is 0.300. The Kier molecular flexibility index (Phi) is 3.86. The highest BCUT2D eigenvalue weighted by atomic mass is 31.2. The largest absolute Gasteiger partial charge is 0.382 e. The summed E-state index contributed by atoms with van der Waals surface area (Å²) in [4.78, 5) is 28.1. The van der Waals surface area contributed by atoms with E-state index in [4.69, 9.17) is 25.0 Å². The molecule has 0 aromatic carbocycles. The van der Waals surface area contributed by atoms with Gasteiger partial charge in [0.15, 0.2) is 41.7 Å². The number of halogens is 2. The van der Waals surface area contributed by atoms with Crippen LogP contribution in [0.5, 0.6) is 0 Å². The number of nitrogens with zero attached hydrogens (tertiary/aromatic N) is 4.